The summed E-state index contributed by atoms with van der Waals surface area (Å²) in [6.07, 6.45) is 8.05. The van der Waals surface area contributed by atoms with Crippen LogP contribution in [-0.2, 0) is 11.2 Å². The summed E-state index contributed by atoms with van der Waals surface area (Å²) >= 11 is 3.46. The quantitative estimate of drug-likeness (QED) is 0.340. The van der Waals surface area contributed by atoms with E-state index in [0.717, 1.165) is 21.2 Å². The van der Waals surface area contributed by atoms with Crippen LogP contribution in [0.2, 0.25) is 0 Å². The lowest BCUT2D eigenvalue weighted by molar-refractivity contribution is -0.115. The highest BCUT2D eigenvalue weighted by molar-refractivity contribution is 14.1. The second-order valence-corrected chi connectivity index (χ2v) is 8.22. The van der Waals surface area contributed by atoms with Gasteiger partial charge in [0.05, 0.1) is 21.3 Å². The van der Waals surface area contributed by atoms with E-state index < -0.39 is 0 Å². The van der Waals surface area contributed by atoms with Gasteiger partial charge in [0.15, 0.2) is 16.7 Å². The zero-order valence-corrected chi connectivity index (χ0v) is 19.0. The summed E-state index contributed by atoms with van der Waals surface area (Å²) in [5.41, 5.74) is 2.87. The molecule has 2 aromatic rings. The third-order valence-corrected chi connectivity index (χ3v) is 5.79. The number of terminal acetylenes is 1. The first-order valence-electron chi connectivity index (χ1n) is 8.86. The van der Waals surface area contributed by atoms with Crippen LogP contribution in [-0.4, -0.2) is 24.8 Å². The first-order valence-corrected chi connectivity index (χ1v) is 10.8. The molecule has 29 heavy (non-hydrogen) atoms. The number of nitrogens with zero attached hydrogens (tertiary/aromatic N) is 1. The fourth-order valence-corrected chi connectivity index (χ4v) is 4.26. The molecule has 1 heterocycles. The minimum absolute atomic E-state index is 0.157. The van der Waals surface area contributed by atoms with Crippen LogP contribution in [0.3, 0.4) is 0 Å². The van der Waals surface area contributed by atoms with Crippen LogP contribution in [0.15, 0.2) is 46.3 Å². The van der Waals surface area contributed by atoms with Crippen LogP contribution in [0.1, 0.15) is 18.1 Å². The van der Waals surface area contributed by atoms with Crippen molar-refractivity contribution in [1.29, 1.82) is 0 Å². The third kappa shape index (κ3) is 5.34. The van der Waals surface area contributed by atoms with Gasteiger partial charge in [0.2, 0.25) is 0 Å². The maximum absolute atomic E-state index is 12.4. The summed E-state index contributed by atoms with van der Waals surface area (Å²) in [5, 5.41) is 3.37. The number of carbonyl (C=O) groups excluding carboxylic acids is 1. The standard InChI is InChI=1S/C22H19IN2O3S/c1-4-10-28-20-17(23)11-15(12-18(20)27-3)13-19-21(26)25-22(29-19)24-16-8-6-14(5-2)7-9-16/h1,6-9,11-13H,5,10H2,2-3H3,(H,24,25,26)/b19-13-. The second kappa shape index (κ2) is 9.85. The van der Waals surface area contributed by atoms with E-state index in [4.69, 9.17) is 15.9 Å². The Labute approximate surface area is 188 Å². The van der Waals surface area contributed by atoms with Crippen LogP contribution in [0.4, 0.5) is 5.69 Å². The predicted molar refractivity (Wildman–Crippen MR) is 127 cm³/mol. The molecular weight excluding hydrogens is 499 g/mol. The van der Waals surface area contributed by atoms with Crippen molar-refractivity contribution in [2.45, 2.75) is 13.3 Å². The van der Waals surface area contributed by atoms with Crippen LogP contribution in [0.5, 0.6) is 11.5 Å². The van der Waals surface area contributed by atoms with Gasteiger partial charge in [-0.2, -0.15) is 0 Å². The van der Waals surface area contributed by atoms with E-state index in [0.29, 0.717) is 21.6 Å². The Balaban J connectivity index is 1.83. The number of aliphatic imine (C=N–C) groups is 1. The smallest absolute Gasteiger partial charge is 0.264 e. The molecule has 0 atom stereocenters. The number of benzene rings is 2. The summed E-state index contributed by atoms with van der Waals surface area (Å²) < 4.78 is 11.8. The van der Waals surface area contributed by atoms with Crippen LogP contribution < -0.4 is 14.8 Å². The second-order valence-electron chi connectivity index (χ2n) is 6.03. The van der Waals surface area contributed by atoms with Crippen molar-refractivity contribution >= 4 is 57.2 Å². The summed E-state index contributed by atoms with van der Waals surface area (Å²) in [4.78, 5) is 17.4. The first-order chi connectivity index (χ1) is 14.0. The van der Waals surface area contributed by atoms with E-state index in [2.05, 4.69) is 45.7 Å². The van der Waals surface area contributed by atoms with Gasteiger partial charge in [-0.25, -0.2) is 4.99 Å². The Hall–Kier alpha value is -2.44. The maximum Gasteiger partial charge on any atom is 0.264 e. The van der Waals surface area contributed by atoms with Crippen molar-refractivity contribution in [3.8, 4) is 23.8 Å². The average molecular weight is 518 g/mol. The predicted octanol–water partition coefficient (Wildman–Crippen LogP) is 4.77. The molecule has 1 aliphatic heterocycles. The number of nitrogens with one attached hydrogen (secondary N) is 1. The molecule has 1 N–H and O–H groups in total. The highest BCUT2D eigenvalue weighted by atomic mass is 127. The lowest BCUT2D eigenvalue weighted by Crippen LogP contribution is -2.19. The molecule has 2 aromatic carbocycles. The average Bonchev–Trinajstić information content (AvgIpc) is 3.06. The van der Waals surface area contributed by atoms with Crippen molar-refractivity contribution in [2.24, 2.45) is 4.99 Å². The highest BCUT2D eigenvalue weighted by Crippen LogP contribution is 2.36. The summed E-state index contributed by atoms with van der Waals surface area (Å²) in [6.45, 7) is 2.26. The van der Waals surface area contributed by atoms with E-state index in [9.17, 15) is 4.79 Å². The highest BCUT2D eigenvalue weighted by Gasteiger charge is 2.24. The van der Waals surface area contributed by atoms with Crippen LogP contribution in [0.25, 0.3) is 6.08 Å². The van der Waals surface area contributed by atoms with Gasteiger partial charge in [-0.3, -0.25) is 4.79 Å². The fourth-order valence-electron chi connectivity index (χ4n) is 2.63. The molecule has 0 spiro atoms. The van der Waals surface area contributed by atoms with Gasteiger partial charge in [0, 0.05) is 0 Å². The minimum atomic E-state index is -0.180. The van der Waals surface area contributed by atoms with Gasteiger partial charge in [-0.05, 0) is 82.2 Å². The molecule has 0 saturated carbocycles. The number of aryl methyl sites for hydroxylation is 1. The molecule has 0 aromatic heterocycles. The van der Waals surface area contributed by atoms with Crippen LogP contribution >= 0.6 is 34.4 Å². The topological polar surface area (TPSA) is 59.9 Å². The Morgan fingerprint density at radius 3 is 2.72 bits per heavy atom. The molecule has 1 amide bonds. The number of hydrogen-bond acceptors (Lipinski definition) is 5. The van der Waals surface area contributed by atoms with Gasteiger partial charge in [0.25, 0.3) is 5.91 Å². The molecular formula is C22H19IN2O3S. The molecule has 0 radical (unpaired) electrons. The van der Waals surface area contributed by atoms with Crippen molar-refractivity contribution in [1.82, 2.24) is 5.32 Å². The Morgan fingerprint density at radius 2 is 2.07 bits per heavy atom. The Morgan fingerprint density at radius 1 is 1.31 bits per heavy atom. The van der Waals surface area contributed by atoms with Crippen LogP contribution in [0, 0.1) is 15.9 Å². The summed E-state index contributed by atoms with van der Waals surface area (Å²) in [7, 11) is 1.57. The molecule has 0 bridgehead atoms. The normalized spacial score (nSPS) is 16.0. The molecule has 3 rings (SSSR count). The van der Waals surface area contributed by atoms with Crippen molar-refractivity contribution < 1.29 is 14.3 Å². The molecule has 5 nitrogen and oxygen atoms in total. The molecule has 0 unspecified atom stereocenters. The van der Waals surface area contributed by atoms with Gasteiger partial charge in [-0.15, -0.1) is 6.42 Å². The monoisotopic (exact) mass is 518 g/mol. The SMILES string of the molecule is C#CCOc1c(I)cc(/C=C2\SC(=Nc3ccc(CC)cc3)NC2=O)cc1OC. The van der Waals surface area contributed by atoms with Crippen molar-refractivity contribution in [3.63, 3.8) is 0 Å². The first kappa shape index (κ1) is 21.3. The number of ether oxygens (including phenoxy) is 2. The molecule has 1 fully saturated rings. The fraction of sp³-hybridized carbons (Fsp3) is 0.182. The summed E-state index contributed by atoms with van der Waals surface area (Å²) in [6, 6.07) is 11.7. The van der Waals surface area contributed by atoms with E-state index in [1.807, 2.05) is 36.4 Å². The van der Waals surface area contributed by atoms with E-state index in [-0.39, 0.29) is 12.5 Å². The molecule has 1 aliphatic rings. The summed E-state index contributed by atoms with van der Waals surface area (Å²) in [5.74, 6) is 3.42. The number of carbonyl (C=O) groups is 1. The molecule has 0 aliphatic carbocycles. The number of rotatable bonds is 6. The zero-order valence-electron chi connectivity index (χ0n) is 16.0. The van der Waals surface area contributed by atoms with Gasteiger partial charge in [0.1, 0.15) is 6.61 Å². The Bertz CT molecular complexity index is 1020. The number of halogens is 1. The zero-order chi connectivity index (χ0) is 20.8. The lowest BCUT2D eigenvalue weighted by Gasteiger charge is -2.12. The van der Waals surface area contributed by atoms with E-state index in [1.165, 1.54) is 17.3 Å². The van der Waals surface area contributed by atoms with Gasteiger partial charge < -0.3 is 14.8 Å². The number of amides is 1. The van der Waals surface area contributed by atoms with Crippen molar-refractivity contribution in [3.05, 3.63) is 56.0 Å². The number of amidine groups is 1. The van der Waals surface area contributed by atoms with E-state index >= 15 is 0 Å². The molecule has 1 saturated heterocycles. The third-order valence-electron chi connectivity index (χ3n) is 4.08. The van der Waals surface area contributed by atoms with Crippen molar-refractivity contribution in [2.75, 3.05) is 13.7 Å². The largest absolute Gasteiger partial charge is 0.493 e. The van der Waals surface area contributed by atoms with Gasteiger partial charge in [-0.1, -0.05) is 25.0 Å². The molecule has 7 heteroatoms. The maximum atomic E-state index is 12.4. The number of hydrogen-bond donors (Lipinski definition) is 1. The Kier molecular flexibility index (Phi) is 7.23. The number of thioether (sulfide) groups is 1. The minimum Gasteiger partial charge on any atom is -0.493 e. The van der Waals surface area contributed by atoms with E-state index in [1.54, 1.807) is 13.2 Å². The molecule has 148 valence electrons. The lowest BCUT2D eigenvalue weighted by atomic mass is 10.2. The number of methoxy groups -OCH3 is 1. The van der Waals surface area contributed by atoms with Gasteiger partial charge >= 0.3 is 0 Å².